The average Bonchev–Trinajstić information content (AvgIpc) is 2.59. The Morgan fingerprint density at radius 2 is 2.31 bits per heavy atom. The van der Waals surface area contributed by atoms with Gasteiger partial charge in [0.1, 0.15) is 0 Å². The van der Waals surface area contributed by atoms with E-state index in [1.54, 1.807) is 4.90 Å². The fourth-order valence-corrected chi connectivity index (χ4v) is 2.45. The van der Waals surface area contributed by atoms with E-state index < -0.39 is 0 Å². The molecule has 90 valence electrons. The Morgan fingerprint density at radius 3 is 3.00 bits per heavy atom. The Bertz CT molecular complexity index is 304. The van der Waals surface area contributed by atoms with Crippen molar-refractivity contribution in [1.29, 1.82) is 0 Å². The molecule has 2 aliphatic rings. The largest absolute Gasteiger partial charge is 0.447 e. The maximum absolute atomic E-state index is 11.8. The summed E-state index contributed by atoms with van der Waals surface area (Å²) in [6.45, 7) is 4.92. The first-order valence-electron chi connectivity index (χ1n) is 5.84. The quantitative estimate of drug-likeness (QED) is 0.717. The molecule has 2 fully saturated rings. The van der Waals surface area contributed by atoms with Gasteiger partial charge in [0.2, 0.25) is 5.91 Å². The molecule has 0 spiro atoms. The second kappa shape index (κ2) is 4.31. The summed E-state index contributed by atoms with van der Waals surface area (Å²) < 4.78 is 5.18. The van der Waals surface area contributed by atoms with E-state index in [9.17, 15) is 9.59 Å². The number of hydrogen-bond acceptors (Lipinski definition) is 3. The Labute approximate surface area is 95.1 Å². The molecule has 0 aliphatic carbocycles. The lowest BCUT2D eigenvalue weighted by atomic mass is 9.92. The lowest BCUT2D eigenvalue weighted by Crippen LogP contribution is -2.49. The van der Waals surface area contributed by atoms with E-state index in [2.05, 4.69) is 5.32 Å². The zero-order valence-corrected chi connectivity index (χ0v) is 9.73. The Hall–Kier alpha value is -1.26. The molecule has 2 aliphatic heterocycles. The zero-order valence-electron chi connectivity index (χ0n) is 9.73. The molecular weight excluding hydrogens is 208 g/mol. The predicted molar refractivity (Wildman–Crippen MR) is 57.8 cm³/mol. The van der Waals surface area contributed by atoms with Gasteiger partial charge in [-0.3, -0.25) is 4.79 Å². The van der Waals surface area contributed by atoms with Gasteiger partial charge in [0.05, 0.1) is 18.1 Å². The van der Waals surface area contributed by atoms with Crippen molar-refractivity contribution < 1.29 is 14.3 Å². The minimum absolute atomic E-state index is 0.00694. The first-order valence-corrected chi connectivity index (χ1v) is 5.84. The summed E-state index contributed by atoms with van der Waals surface area (Å²) in [5, 5.41) is 2.81. The van der Waals surface area contributed by atoms with Gasteiger partial charge in [-0.15, -0.1) is 0 Å². The third-order valence-electron chi connectivity index (χ3n) is 3.17. The van der Waals surface area contributed by atoms with Crippen molar-refractivity contribution in [3.63, 3.8) is 0 Å². The Balaban J connectivity index is 2.04. The number of hydrogen-bond donors (Lipinski definition) is 1. The summed E-state index contributed by atoms with van der Waals surface area (Å²) in [6, 6.07) is -0.00694. The standard InChI is InChI=1S/C11H18N2O3/c1-7(2)16-11(15)13-5-3-4-8-9(13)6-12-10(8)14/h7-9H,3-6H2,1-2H3,(H,12,14). The molecule has 0 aromatic heterocycles. The molecule has 1 N–H and O–H groups in total. The van der Waals surface area contributed by atoms with Gasteiger partial charge in [-0.1, -0.05) is 0 Å². The van der Waals surface area contributed by atoms with Crippen LogP contribution in [0.2, 0.25) is 0 Å². The van der Waals surface area contributed by atoms with Crippen LogP contribution in [-0.2, 0) is 9.53 Å². The first-order chi connectivity index (χ1) is 7.59. The number of fused-ring (bicyclic) bond motifs is 1. The molecule has 0 saturated carbocycles. The van der Waals surface area contributed by atoms with E-state index in [1.807, 2.05) is 13.8 Å². The van der Waals surface area contributed by atoms with Crippen LogP contribution >= 0.6 is 0 Å². The summed E-state index contributed by atoms with van der Waals surface area (Å²) in [7, 11) is 0. The molecular formula is C11H18N2O3. The number of amides is 2. The van der Waals surface area contributed by atoms with Crippen LogP contribution in [0.5, 0.6) is 0 Å². The smallest absolute Gasteiger partial charge is 0.410 e. The molecule has 5 heteroatoms. The number of nitrogens with one attached hydrogen (secondary N) is 1. The average molecular weight is 226 g/mol. The summed E-state index contributed by atoms with van der Waals surface area (Å²) in [5.41, 5.74) is 0. The molecule has 2 rings (SSSR count). The summed E-state index contributed by atoms with van der Waals surface area (Å²) in [5.74, 6) is 0.0421. The topological polar surface area (TPSA) is 58.6 Å². The van der Waals surface area contributed by atoms with Crippen molar-refractivity contribution in [1.82, 2.24) is 10.2 Å². The third-order valence-corrected chi connectivity index (χ3v) is 3.17. The molecule has 2 atom stereocenters. The third kappa shape index (κ3) is 1.99. The summed E-state index contributed by atoms with van der Waals surface area (Å²) in [6.07, 6.45) is 1.35. The van der Waals surface area contributed by atoms with Gasteiger partial charge >= 0.3 is 6.09 Å². The van der Waals surface area contributed by atoms with E-state index >= 15 is 0 Å². The van der Waals surface area contributed by atoms with Crippen molar-refractivity contribution in [2.24, 2.45) is 5.92 Å². The minimum atomic E-state index is -0.291. The molecule has 0 aromatic carbocycles. The van der Waals surface area contributed by atoms with E-state index in [0.717, 1.165) is 12.8 Å². The van der Waals surface area contributed by atoms with E-state index in [1.165, 1.54) is 0 Å². The SMILES string of the molecule is CC(C)OC(=O)N1CCCC2C(=O)NCC21. The molecule has 0 aromatic rings. The van der Waals surface area contributed by atoms with Gasteiger partial charge in [-0.05, 0) is 26.7 Å². The number of rotatable bonds is 1. The number of carbonyl (C=O) groups is 2. The monoisotopic (exact) mass is 226 g/mol. The van der Waals surface area contributed by atoms with Crippen molar-refractivity contribution in [2.75, 3.05) is 13.1 Å². The van der Waals surface area contributed by atoms with Gasteiger partial charge in [0.15, 0.2) is 0 Å². The van der Waals surface area contributed by atoms with Gasteiger partial charge in [-0.25, -0.2) is 4.79 Å². The molecule has 0 bridgehead atoms. The van der Waals surface area contributed by atoms with Crippen molar-refractivity contribution in [3.05, 3.63) is 0 Å². The van der Waals surface area contributed by atoms with Crippen LogP contribution in [0, 0.1) is 5.92 Å². The molecule has 5 nitrogen and oxygen atoms in total. The van der Waals surface area contributed by atoms with Crippen molar-refractivity contribution >= 4 is 12.0 Å². The molecule has 16 heavy (non-hydrogen) atoms. The highest BCUT2D eigenvalue weighted by Gasteiger charge is 2.43. The van der Waals surface area contributed by atoms with Crippen LogP contribution < -0.4 is 5.32 Å². The van der Waals surface area contributed by atoms with Crippen molar-refractivity contribution in [2.45, 2.75) is 38.8 Å². The highest BCUT2D eigenvalue weighted by molar-refractivity contribution is 5.83. The number of piperidine rings is 1. The van der Waals surface area contributed by atoms with Crippen LogP contribution in [0.15, 0.2) is 0 Å². The number of likely N-dealkylation sites (tertiary alicyclic amines) is 1. The van der Waals surface area contributed by atoms with E-state index in [4.69, 9.17) is 4.74 Å². The van der Waals surface area contributed by atoms with Gasteiger partial charge in [0, 0.05) is 13.1 Å². The maximum atomic E-state index is 11.8. The fraction of sp³-hybridized carbons (Fsp3) is 0.818. The van der Waals surface area contributed by atoms with Crippen LogP contribution in [0.25, 0.3) is 0 Å². The minimum Gasteiger partial charge on any atom is -0.447 e. The van der Waals surface area contributed by atoms with Gasteiger partial charge < -0.3 is 15.0 Å². The lowest BCUT2D eigenvalue weighted by molar-refractivity contribution is -0.123. The molecule has 0 radical (unpaired) electrons. The molecule has 2 heterocycles. The first kappa shape index (κ1) is 11.2. The van der Waals surface area contributed by atoms with Gasteiger partial charge in [-0.2, -0.15) is 0 Å². The second-order valence-corrected chi connectivity index (χ2v) is 4.69. The zero-order chi connectivity index (χ0) is 11.7. The number of nitrogens with zero attached hydrogens (tertiary/aromatic N) is 1. The second-order valence-electron chi connectivity index (χ2n) is 4.69. The summed E-state index contributed by atoms with van der Waals surface area (Å²) in [4.78, 5) is 25.0. The molecule has 2 unspecified atom stereocenters. The summed E-state index contributed by atoms with van der Waals surface area (Å²) >= 11 is 0. The Morgan fingerprint density at radius 1 is 1.56 bits per heavy atom. The fourth-order valence-electron chi connectivity index (χ4n) is 2.45. The normalized spacial score (nSPS) is 28.9. The van der Waals surface area contributed by atoms with Crippen LogP contribution in [-0.4, -0.2) is 42.1 Å². The maximum Gasteiger partial charge on any atom is 0.410 e. The van der Waals surface area contributed by atoms with E-state index in [0.29, 0.717) is 13.1 Å². The van der Waals surface area contributed by atoms with Crippen LogP contribution in [0.1, 0.15) is 26.7 Å². The van der Waals surface area contributed by atoms with Crippen LogP contribution in [0.3, 0.4) is 0 Å². The predicted octanol–water partition coefficient (Wildman–Crippen LogP) is 0.742. The Kier molecular flexibility index (Phi) is 3.03. The van der Waals surface area contributed by atoms with Crippen molar-refractivity contribution in [3.8, 4) is 0 Å². The number of ether oxygens (including phenoxy) is 1. The highest BCUT2D eigenvalue weighted by Crippen LogP contribution is 2.27. The molecule has 2 amide bonds. The van der Waals surface area contributed by atoms with E-state index in [-0.39, 0.29) is 30.1 Å². The van der Waals surface area contributed by atoms with Crippen LogP contribution in [0.4, 0.5) is 4.79 Å². The lowest BCUT2D eigenvalue weighted by Gasteiger charge is -2.35. The number of carbonyl (C=O) groups excluding carboxylic acids is 2. The molecule has 2 saturated heterocycles. The van der Waals surface area contributed by atoms with Gasteiger partial charge in [0.25, 0.3) is 0 Å². The highest BCUT2D eigenvalue weighted by atomic mass is 16.6.